The Hall–Kier alpha value is -0.610. The van der Waals surface area contributed by atoms with Crippen molar-refractivity contribution < 1.29 is 15.0 Å². The highest BCUT2D eigenvalue weighted by molar-refractivity contribution is 5.76. The van der Waals surface area contributed by atoms with Gasteiger partial charge in [0.05, 0.1) is 18.8 Å². The molecule has 0 aliphatic carbocycles. The van der Waals surface area contributed by atoms with Gasteiger partial charge in [-0.3, -0.25) is 4.79 Å². The van der Waals surface area contributed by atoms with Gasteiger partial charge in [0.15, 0.2) is 0 Å². The molecule has 0 aromatic carbocycles. The molecule has 3 N–H and O–H groups in total. The third kappa shape index (κ3) is 21.2. The van der Waals surface area contributed by atoms with Gasteiger partial charge in [-0.1, -0.05) is 136 Å². The lowest BCUT2D eigenvalue weighted by Crippen LogP contribution is -2.45. The summed E-state index contributed by atoms with van der Waals surface area (Å²) in [5.41, 5.74) is 0. The molecule has 0 aliphatic rings. The van der Waals surface area contributed by atoms with Gasteiger partial charge in [0.1, 0.15) is 0 Å². The van der Waals surface area contributed by atoms with E-state index in [9.17, 15) is 15.0 Å². The number of aliphatic hydroxyl groups excluding tert-OH is 2. The molecule has 0 saturated carbocycles. The van der Waals surface area contributed by atoms with E-state index in [0.29, 0.717) is 12.8 Å². The molecule has 0 aliphatic heterocycles. The minimum atomic E-state index is -0.647. The highest BCUT2D eigenvalue weighted by Crippen LogP contribution is 2.14. The maximum absolute atomic E-state index is 12.1. The average Bonchev–Trinajstić information content (AvgIpc) is 2.79. The van der Waals surface area contributed by atoms with Crippen LogP contribution in [0.5, 0.6) is 0 Å². The van der Waals surface area contributed by atoms with Crippen LogP contribution in [-0.2, 0) is 4.79 Å². The molecule has 1 amide bonds. The molecule has 4 heteroatoms. The summed E-state index contributed by atoms with van der Waals surface area (Å²) >= 11 is 0. The molecule has 0 spiro atoms. The van der Waals surface area contributed by atoms with Gasteiger partial charge in [-0.25, -0.2) is 0 Å². The summed E-state index contributed by atoms with van der Waals surface area (Å²) in [6, 6.07) is -0.523. The van der Waals surface area contributed by atoms with E-state index in [-0.39, 0.29) is 12.5 Å². The molecular weight excluding hydrogens is 398 g/mol. The van der Waals surface area contributed by atoms with Crippen LogP contribution < -0.4 is 5.32 Å². The third-order valence-corrected chi connectivity index (χ3v) is 6.62. The van der Waals surface area contributed by atoms with Crippen molar-refractivity contribution in [3.8, 4) is 0 Å². The highest BCUT2D eigenvalue weighted by Gasteiger charge is 2.19. The van der Waals surface area contributed by atoms with Gasteiger partial charge in [-0.15, -0.1) is 0 Å². The molecule has 0 radical (unpaired) electrons. The molecule has 2 unspecified atom stereocenters. The zero-order valence-corrected chi connectivity index (χ0v) is 21.7. The number of amides is 1. The number of rotatable bonds is 25. The Morgan fingerprint density at radius 3 is 1.41 bits per heavy atom. The lowest BCUT2D eigenvalue weighted by molar-refractivity contribution is -0.123. The molecule has 4 nitrogen and oxygen atoms in total. The van der Waals surface area contributed by atoms with Crippen molar-refractivity contribution in [2.45, 2.75) is 167 Å². The number of nitrogens with one attached hydrogen (secondary N) is 1. The predicted molar refractivity (Wildman–Crippen MR) is 138 cm³/mol. The summed E-state index contributed by atoms with van der Waals surface area (Å²) in [4.78, 5) is 12.1. The second-order valence-corrected chi connectivity index (χ2v) is 9.83. The van der Waals surface area contributed by atoms with E-state index in [4.69, 9.17) is 0 Å². The van der Waals surface area contributed by atoms with Crippen LogP contribution in [0.2, 0.25) is 0 Å². The predicted octanol–water partition coefficient (Wildman–Crippen LogP) is 7.45. The molecule has 0 aromatic rings. The largest absolute Gasteiger partial charge is 0.394 e. The maximum atomic E-state index is 12.1. The molecule has 0 saturated heterocycles. The topological polar surface area (TPSA) is 69.6 Å². The lowest BCUT2D eigenvalue weighted by atomic mass is 10.0. The summed E-state index contributed by atoms with van der Waals surface area (Å²) in [6.07, 6.45) is 25.9. The molecule has 32 heavy (non-hydrogen) atoms. The van der Waals surface area contributed by atoms with Crippen LogP contribution in [-0.4, -0.2) is 34.9 Å². The Kier molecular flexibility index (Phi) is 24.5. The maximum Gasteiger partial charge on any atom is 0.220 e. The van der Waals surface area contributed by atoms with Crippen molar-refractivity contribution in [1.82, 2.24) is 5.32 Å². The van der Waals surface area contributed by atoms with Gasteiger partial charge in [-0.05, 0) is 12.8 Å². The SMILES string of the molecule is CCCCCCCCCCCCCCCCCC(=O)NC(CO)C(O)CCCCCCC. The minimum Gasteiger partial charge on any atom is -0.394 e. The number of aliphatic hydroxyl groups is 2. The highest BCUT2D eigenvalue weighted by atomic mass is 16.3. The van der Waals surface area contributed by atoms with Crippen LogP contribution in [0, 0.1) is 0 Å². The van der Waals surface area contributed by atoms with Gasteiger partial charge in [0, 0.05) is 6.42 Å². The van der Waals surface area contributed by atoms with E-state index < -0.39 is 12.1 Å². The standard InChI is InChI=1S/C28H57NO3/c1-3-5-7-9-10-11-12-13-14-15-16-17-18-20-22-24-28(32)29-26(25-30)27(31)23-21-19-8-6-4-2/h26-27,30-31H,3-25H2,1-2H3,(H,29,32). The van der Waals surface area contributed by atoms with E-state index in [2.05, 4.69) is 19.2 Å². The number of hydrogen-bond acceptors (Lipinski definition) is 3. The van der Waals surface area contributed by atoms with Gasteiger partial charge in [0.2, 0.25) is 5.91 Å². The molecule has 192 valence electrons. The average molecular weight is 456 g/mol. The summed E-state index contributed by atoms with van der Waals surface area (Å²) in [7, 11) is 0. The first kappa shape index (κ1) is 31.4. The summed E-state index contributed by atoms with van der Waals surface area (Å²) in [6.45, 7) is 4.26. The molecule has 0 heterocycles. The van der Waals surface area contributed by atoms with Crippen molar-refractivity contribution in [2.24, 2.45) is 0 Å². The summed E-state index contributed by atoms with van der Waals surface area (Å²) in [5.74, 6) is -0.0382. The van der Waals surface area contributed by atoms with Crippen LogP contribution >= 0.6 is 0 Å². The van der Waals surface area contributed by atoms with Crippen LogP contribution in [0.1, 0.15) is 155 Å². The number of hydrogen-bond donors (Lipinski definition) is 3. The fourth-order valence-electron chi connectivity index (χ4n) is 4.36. The van der Waals surface area contributed by atoms with Crippen LogP contribution in [0.15, 0.2) is 0 Å². The first-order valence-corrected chi connectivity index (χ1v) is 14.2. The molecule has 0 fully saturated rings. The van der Waals surface area contributed by atoms with E-state index in [0.717, 1.165) is 25.7 Å². The summed E-state index contributed by atoms with van der Waals surface area (Å²) in [5, 5.41) is 22.6. The monoisotopic (exact) mass is 455 g/mol. The van der Waals surface area contributed by atoms with E-state index in [1.807, 2.05) is 0 Å². The van der Waals surface area contributed by atoms with Crippen molar-refractivity contribution >= 4 is 5.91 Å². The normalized spacial score (nSPS) is 13.2. The third-order valence-electron chi connectivity index (χ3n) is 6.62. The van der Waals surface area contributed by atoms with Crippen molar-refractivity contribution in [3.05, 3.63) is 0 Å². The first-order valence-electron chi connectivity index (χ1n) is 14.2. The second-order valence-electron chi connectivity index (χ2n) is 9.83. The molecule has 0 bridgehead atoms. The summed E-state index contributed by atoms with van der Waals surface area (Å²) < 4.78 is 0. The first-order chi connectivity index (χ1) is 15.7. The van der Waals surface area contributed by atoms with Crippen LogP contribution in [0.25, 0.3) is 0 Å². The van der Waals surface area contributed by atoms with Gasteiger partial charge < -0.3 is 15.5 Å². The van der Waals surface area contributed by atoms with E-state index in [1.54, 1.807) is 0 Å². The van der Waals surface area contributed by atoms with Crippen LogP contribution in [0.4, 0.5) is 0 Å². The van der Waals surface area contributed by atoms with Gasteiger partial charge in [0.25, 0.3) is 0 Å². The molecule has 2 atom stereocenters. The Morgan fingerprint density at radius 1 is 0.625 bits per heavy atom. The van der Waals surface area contributed by atoms with Crippen molar-refractivity contribution in [1.29, 1.82) is 0 Å². The van der Waals surface area contributed by atoms with Crippen molar-refractivity contribution in [3.63, 3.8) is 0 Å². The smallest absolute Gasteiger partial charge is 0.220 e. The number of unbranched alkanes of at least 4 members (excludes halogenated alkanes) is 18. The Labute approximate surface area is 200 Å². The van der Waals surface area contributed by atoms with Gasteiger partial charge >= 0.3 is 0 Å². The zero-order chi connectivity index (χ0) is 23.7. The van der Waals surface area contributed by atoms with Crippen molar-refractivity contribution in [2.75, 3.05) is 6.61 Å². The van der Waals surface area contributed by atoms with E-state index in [1.165, 1.54) is 103 Å². The Bertz CT molecular complexity index is 389. The van der Waals surface area contributed by atoms with Crippen LogP contribution in [0.3, 0.4) is 0 Å². The second kappa shape index (κ2) is 25.0. The molecular formula is C28H57NO3. The fourth-order valence-corrected chi connectivity index (χ4v) is 4.36. The quantitative estimate of drug-likeness (QED) is 0.125. The van der Waals surface area contributed by atoms with Gasteiger partial charge in [-0.2, -0.15) is 0 Å². The Morgan fingerprint density at radius 2 is 1.00 bits per heavy atom. The number of carbonyl (C=O) groups excluding carboxylic acids is 1. The fraction of sp³-hybridized carbons (Fsp3) is 0.964. The van der Waals surface area contributed by atoms with E-state index >= 15 is 0 Å². The Balaban J connectivity index is 3.50. The zero-order valence-electron chi connectivity index (χ0n) is 21.7. The lowest BCUT2D eigenvalue weighted by Gasteiger charge is -2.22. The number of carbonyl (C=O) groups is 1. The minimum absolute atomic E-state index is 0.0382. The molecule has 0 aromatic heterocycles. The molecule has 0 rings (SSSR count).